The van der Waals surface area contributed by atoms with Gasteiger partial charge in [0.15, 0.2) is 5.17 Å². The number of nitrogens with one attached hydrogen (secondary N) is 1. The number of rotatable bonds is 7. The molecule has 1 saturated heterocycles. The highest BCUT2D eigenvalue weighted by atomic mass is 32.2. The van der Waals surface area contributed by atoms with E-state index in [4.69, 9.17) is 4.99 Å². The first-order valence-corrected chi connectivity index (χ1v) is 11.7. The summed E-state index contributed by atoms with van der Waals surface area (Å²) in [5.41, 5.74) is 4.96. The van der Waals surface area contributed by atoms with E-state index in [-0.39, 0.29) is 18.2 Å². The van der Waals surface area contributed by atoms with Gasteiger partial charge in [-0.05, 0) is 61.1 Å². The zero-order chi connectivity index (χ0) is 22.5. The second-order valence-electron chi connectivity index (χ2n) is 8.31. The van der Waals surface area contributed by atoms with Gasteiger partial charge in [0.2, 0.25) is 11.8 Å². The van der Waals surface area contributed by atoms with Gasteiger partial charge in [0.1, 0.15) is 5.25 Å². The molecule has 0 spiro atoms. The SMILES string of the molecule is CCCN1C(=O)C(CC(=O)Nc2cc(C)ccc2C)SC1=Nc1ccc(C(C)C)cc1. The number of nitrogens with zero attached hydrogens (tertiary/aromatic N) is 2. The van der Waals surface area contributed by atoms with Crippen molar-refractivity contribution in [3.63, 3.8) is 0 Å². The lowest BCUT2D eigenvalue weighted by Crippen LogP contribution is -2.34. The van der Waals surface area contributed by atoms with Crippen LogP contribution in [0, 0.1) is 13.8 Å². The molecule has 1 heterocycles. The fourth-order valence-electron chi connectivity index (χ4n) is 3.44. The second kappa shape index (κ2) is 10.1. The molecule has 0 bridgehead atoms. The lowest BCUT2D eigenvalue weighted by molar-refractivity contribution is -0.128. The molecule has 1 aliphatic rings. The first-order chi connectivity index (χ1) is 14.8. The van der Waals surface area contributed by atoms with Crippen molar-refractivity contribution < 1.29 is 9.59 Å². The molecule has 1 fully saturated rings. The number of thioether (sulfide) groups is 1. The molecule has 1 N–H and O–H groups in total. The average Bonchev–Trinajstić information content (AvgIpc) is 3.00. The van der Waals surface area contributed by atoms with E-state index >= 15 is 0 Å². The van der Waals surface area contributed by atoms with Crippen LogP contribution in [0.1, 0.15) is 56.2 Å². The van der Waals surface area contributed by atoms with Crippen molar-refractivity contribution in [3.8, 4) is 0 Å². The minimum Gasteiger partial charge on any atom is -0.326 e. The second-order valence-corrected chi connectivity index (χ2v) is 9.48. The normalized spacial score (nSPS) is 17.6. The van der Waals surface area contributed by atoms with Crippen molar-refractivity contribution in [2.75, 3.05) is 11.9 Å². The van der Waals surface area contributed by atoms with Crippen LogP contribution in [0.3, 0.4) is 0 Å². The van der Waals surface area contributed by atoms with Crippen molar-refractivity contribution in [1.82, 2.24) is 4.90 Å². The van der Waals surface area contributed by atoms with E-state index in [1.165, 1.54) is 17.3 Å². The number of amides is 2. The molecule has 2 aromatic carbocycles. The largest absolute Gasteiger partial charge is 0.326 e. The summed E-state index contributed by atoms with van der Waals surface area (Å²) in [4.78, 5) is 32.1. The van der Waals surface area contributed by atoms with E-state index in [0.29, 0.717) is 17.6 Å². The maximum Gasteiger partial charge on any atom is 0.242 e. The van der Waals surface area contributed by atoms with E-state index < -0.39 is 5.25 Å². The van der Waals surface area contributed by atoms with Crippen molar-refractivity contribution >= 4 is 40.1 Å². The fourth-order valence-corrected chi connectivity index (χ4v) is 4.62. The first kappa shape index (κ1) is 23.1. The molecule has 31 heavy (non-hydrogen) atoms. The molecule has 164 valence electrons. The van der Waals surface area contributed by atoms with Crippen LogP contribution in [0.4, 0.5) is 11.4 Å². The Hall–Kier alpha value is -2.60. The molecule has 1 aliphatic heterocycles. The number of amidine groups is 1. The summed E-state index contributed by atoms with van der Waals surface area (Å²) >= 11 is 1.38. The van der Waals surface area contributed by atoms with E-state index in [2.05, 4.69) is 31.3 Å². The van der Waals surface area contributed by atoms with Gasteiger partial charge >= 0.3 is 0 Å². The molecule has 5 nitrogen and oxygen atoms in total. The quantitative estimate of drug-likeness (QED) is 0.596. The monoisotopic (exact) mass is 437 g/mol. The van der Waals surface area contributed by atoms with Gasteiger partial charge in [0.05, 0.1) is 5.69 Å². The number of aryl methyl sites for hydroxylation is 2. The van der Waals surface area contributed by atoms with Crippen molar-refractivity contribution in [1.29, 1.82) is 0 Å². The van der Waals surface area contributed by atoms with Gasteiger partial charge in [-0.2, -0.15) is 0 Å². The molecule has 2 amide bonds. The highest BCUT2D eigenvalue weighted by Gasteiger charge is 2.38. The van der Waals surface area contributed by atoms with Gasteiger partial charge in [-0.3, -0.25) is 14.5 Å². The number of hydrogen-bond donors (Lipinski definition) is 1. The highest BCUT2D eigenvalue weighted by molar-refractivity contribution is 8.15. The molecule has 3 rings (SSSR count). The summed E-state index contributed by atoms with van der Waals surface area (Å²) in [6.07, 6.45) is 0.960. The van der Waals surface area contributed by atoms with Crippen LogP contribution < -0.4 is 5.32 Å². The Morgan fingerprint density at radius 1 is 1.16 bits per heavy atom. The van der Waals surface area contributed by atoms with Crippen LogP contribution >= 0.6 is 11.8 Å². The highest BCUT2D eigenvalue weighted by Crippen LogP contribution is 2.32. The maximum absolute atomic E-state index is 13.0. The third-order valence-corrected chi connectivity index (χ3v) is 6.47. The van der Waals surface area contributed by atoms with Crippen LogP contribution in [0.15, 0.2) is 47.5 Å². The Kier molecular flexibility index (Phi) is 7.55. The smallest absolute Gasteiger partial charge is 0.242 e. The van der Waals surface area contributed by atoms with Gasteiger partial charge in [0.25, 0.3) is 0 Å². The predicted octanol–water partition coefficient (Wildman–Crippen LogP) is 5.80. The summed E-state index contributed by atoms with van der Waals surface area (Å²) in [7, 11) is 0. The topological polar surface area (TPSA) is 61.8 Å². The lowest BCUT2D eigenvalue weighted by Gasteiger charge is -2.15. The Bertz CT molecular complexity index is 983. The maximum atomic E-state index is 13.0. The summed E-state index contributed by atoms with van der Waals surface area (Å²) < 4.78 is 0. The third kappa shape index (κ3) is 5.76. The van der Waals surface area contributed by atoms with Crippen LogP contribution in [-0.4, -0.2) is 33.7 Å². The Labute approximate surface area is 189 Å². The minimum absolute atomic E-state index is 0.0412. The molecular formula is C25H31N3O2S. The Morgan fingerprint density at radius 2 is 1.87 bits per heavy atom. The van der Waals surface area contributed by atoms with Gasteiger partial charge in [-0.25, -0.2) is 4.99 Å². The number of carbonyl (C=O) groups is 2. The Morgan fingerprint density at radius 3 is 2.52 bits per heavy atom. The summed E-state index contributed by atoms with van der Waals surface area (Å²) in [6, 6.07) is 14.1. The molecule has 0 saturated carbocycles. The molecular weight excluding hydrogens is 406 g/mol. The number of aliphatic imine (C=N–C) groups is 1. The molecule has 0 aliphatic carbocycles. The fraction of sp³-hybridized carbons (Fsp3) is 0.400. The summed E-state index contributed by atoms with van der Waals surface area (Å²) in [5, 5.41) is 3.19. The van der Waals surface area contributed by atoms with Crippen LogP contribution in [0.25, 0.3) is 0 Å². The number of anilines is 1. The Balaban J connectivity index is 1.74. The van der Waals surface area contributed by atoms with E-state index in [1.807, 2.05) is 51.1 Å². The molecule has 1 unspecified atom stereocenters. The standard InChI is InChI=1S/C25H31N3O2S/c1-6-13-28-24(30)22(15-23(29)27-21-14-17(4)7-8-18(21)5)31-25(28)26-20-11-9-19(10-12-20)16(2)3/h7-12,14,16,22H,6,13,15H2,1-5H3,(H,27,29). The van der Waals surface area contributed by atoms with Crippen molar-refractivity contribution in [3.05, 3.63) is 59.2 Å². The molecule has 2 aromatic rings. The van der Waals surface area contributed by atoms with Gasteiger partial charge in [-0.15, -0.1) is 0 Å². The minimum atomic E-state index is -0.453. The van der Waals surface area contributed by atoms with E-state index in [9.17, 15) is 9.59 Å². The first-order valence-electron chi connectivity index (χ1n) is 10.8. The van der Waals surface area contributed by atoms with Gasteiger partial charge < -0.3 is 5.32 Å². The van der Waals surface area contributed by atoms with E-state index in [0.717, 1.165) is 28.9 Å². The van der Waals surface area contributed by atoms with Gasteiger partial charge in [-0.1, -0.05) is 56.8 Å². The van der Waals surface area contributed by atoms with Crippen LogP contribution in [-0.2, 0) is 9.59 Å². The number of carbonyl (C=O) groups excluding carboxylic acids is 2. The van der Waals surface area contributed by atoms with Gasteiger partial charge in [0, 0.05) is 18.7 Å². The molecule has 0 radical (unpaired) electrons. The van der Waals surface area contributed by atoms with Crippen LogP contribution in [0.5, 0.6) is 0 Å². The summed E-state index contributed by atoms with van der Waals surface area (Å²) in [5.74, 6) is 0.264. The molecule has 1 atom stereocenters. The predicted molar refractivity (Wildman–Crippen MR) is 130 cm³/mol. The van der Waals surface area contributed by atoms with Crippen LogP contribution in [0.2, 0.25) is 0 Å². The zero-order valence-corrected chi connectivity index (χ0v) is 19.8. The summed E-state index contributed by atoms with van der Waals surface area (Å²) in [6.45, 7) is 10.9. The third-order valence-electron chi connectivity index (χ3n) is 5.29. The number of hydrogen-bond acceptors (Lipinski definition) is 4. The molecule has 6 heteroatoms. The average molecular weight is 438 g/mol. The van der Waals surface area contributed by atoms with Crippen molar-refractivity contribution in [2.24, 2.45) is 4.99 Å². The molecule has 0 aromatic heterocycles. The number of benzene rings is 2. The van der Waals surface area contributed by atoms with E-state index in [1.54, 1.807) is 4.90 Å². The zero-order valence-electron chi connectivity index (χ0n) is 18.9. The lowest BCUT2D eigenvalue weighted by atomic mass is 10.0. The van der Waals surface area contributed by atoms with Crippen molar-refractivity contribution in [2.45, 2.75) is 58.6 Å².